The summed E-state index contributed by atoms with van der Waals surface area (Å²) in [5.74, 6) is 0.858. The van der Waals surface area contributed by atoms with Crippen LogP contribution >= 0.6 is 0 Å². The number of piperidine rings is 1. The number of hydrogen-bond acceptors (Lipinski definition) is 2. The van der Waals surface area contributed by atoms with Crippen molar-refractivity contribution in [1.29, 1.82) is 0 Å². The maximum absolute atomic E-state index is 3.95. The molecule has 1 N–H and O–H groups in total. The quantitative estimate of drug-likeness (QED) is 0.875. The largest absolute Gasteiger partial charge is 0.313 e. The van der Waals surface area contributed by atoms with Crippen LogP contribution < -0.4 is 5.32 Å². The van der Waals surface area contributed by atoms with Gasteiger partial charge in [-0.3, -0.25) is 4.90 Å². The monoisotopic (exact) mass is 346 g/mol. The summed E-state index contributed by atoms with van der Waals surface area (Å²) in [6, 6.07) is 20.8. The molecule has 26 heavy (non-hydrogen) atoms. The molecule has 0 radical (unpaired) electrons. The summed E-state index contributed by atoms with van der Waals surface area (Å²) in [6.07, 6.45) is 6.69. The van der Waals surface area contributed by atoms with Gasteiger partial charge in [0.1, 0.15) is 0 Å². The zero-order valence-corrected chi connectivity index (χ0v) is 15.7. The third kappa shape index (κ3) is 3.10. The van der Waals surface area contributed by atoms with Crippen LogP contribution in [0.2, 0.25) is 0 Å². The first-order chi connectivity index (χ1) is 12.8. The Bertz CT molecular complexity index is 748. The Hall–Kier alpha value is -1.64. The van der Waals surface area contributed by atoms with E-state index in [1.165, 1.54) is 57.3 Å². The van der Waals surface area contributed by atoms with E-state index in [0.717, 1.165) is 18.5 Å². The first-order valence-electron chi connectivity index (χ1n) is 10.4. The van der Waals surface area contributed by atoms with E-state index in [4.69, 9.17) is 0 Å². The van der Waals surface area contributed by atoms with Gasteiger partial charge in [-0.25, -0.2) is 0 Å². The van der Waals surface area contributed by atoms with E-state index in [1.807, 2.05) is 0 Å². The highest BCUT2D eigenvalue weighted by molar-refractivity contribution is 5.46. The Morgan fingerprint density at radius 2 is 1.73 bits per heavy atom. The highest BCUT2D eigenvalue weighted by atomic mass is 15.1. The third-order valence-corrected chi connectivity index (χ3v) is 7.08. The number of fused-ring (bicyclic) bond motifs is 2. The number of rotatable bonds is 5. The van der Waals surface area contributed by atoms with Gasteiger partial charge in [-0.1, -0.05) is 54.6 Å². The van der Waals surface area contributed by atoms with Crippen molar-refractivity contribution in [3.05, 3.63) is 71.3 Å². The van der Waals surface area contributed by atoms with E-state index < -0.39 is 0 Å². The summed E-state index contributed by atoms with van der Waals surface area (Å²) in [4.78, 5) is 2.62. The van der Waals surface area contributed by atoms with Crippen LogP contribution in [-0.2, 0) is 18.4 Å². The number of nitrogens with one attached hydrogen (secondary N) is 1. The molecule has 1 saturated carbocycles. The van der Waals surface area contributed by atoms with Crippen LogP contribution in [0.4, 0.5) is 0 Å². The summed E-state index contributed by atoms with van der Waals surface area (Å²) in [5, 5.41) is 3.95. The molecule has 2 unspecified atom stereocenters. The fourth-order valence-corrected chi connectivity index (χ4v) is 5.36. The highest BCUT2D eigenvalue weighted by Gasteiger charge is 2.57. The molecule has 1 spiro atoms. The van der Waals surface area contributed by atoms with Gasteiger partial charge in [0.25, 0.3) is 0 Å². The topological polar surface area (TPSA) is 15.3 Å². The van der Waals surface area contributed by atoms with Gasteiger partial charge < -0.3 is 5.32 Å². The Morgan fingerprint density at radius 1 is 0.962 bits per heavy atom. The van der Waals surface area contributed by atoms with E-state index in [0.29, 0.717) is 5.41 Å². The predicted molar refractivity (Wildman–Crippen MR) is 107 cm³/mol. The number of aryl methyl sites for hydroxylation is 1. The average molecular weight is 347 g/mol. The van der Waals surface area contributed by atoms with E-state index >= 15 is 0 Å². The second-order valence-corrected chi connectivity index (χ2v) is 8.68. The van der Waals surface area contributed by atoms with E-state index in [1.54, 1.807) is 11.1 Å². The molecule has 2 atom stereocenters. The molecule has 2 heteroatoms. The van der Waals surface area contributed by atoms with Gasteiger partial charge in [0.05, 0.1) is 0 Å². The molecule has 1 aliphatic heterocycles. The predicted octanol–water partition coefficient (Wildman–Crippen LogP) is 4.14. The van der Waals surface area contributed by atoms with Crippen LogP contribution in [0.3, 0.4) is 0 Å². The van der Waals surface area contributed by atoms with Crippen molar-refractivity contribution in [2.75, 3.05) is 19.6 Å². The van der Waals surface area contributed by atoms with Gasteiger partial charge in [-0.05, 0) is 74.3 Å². The fraction of sp³-hybridized carbons (Fsp3) is 0.500. The van der Waals surface area contributed by atoms with Crippen molar-refractivity contribution in [1.82, 2.24) is 10.2 Å². The highest BCUT2D eigenvalue weighted by Crippen LogP contribution is 2.56. The fourth-order valence-electron chi connectivity index (χ4n) is 5.36. The van der Waals surface area contributed by atoms with Gasteiger partial charge in [0, 0.05) is 18.0 Å². The van der Waals surface area contributed by atoms with Crippen LogP contribution in [0.5, 0.6) is 0 Å². The van der Waals surface area contributed by atoms with Crippen LogP contribution in [0.15, 0.2) is 54.6 Å². The number of benzene rings is 2. The molecule has 1 saturated heterocycles. The minimum absolute atomic E-state index is 0.491. The van der Waals surface area contributed by atoms with Gasteiger partial charge in [-0.2, -0.15) is 0 Å². The summed E-state index contributed by atoms with van der Waals surface area (Å²) in [7, 11) is 0. The molecule has 2 fully saturated rings. The van der Waals surface area contributed by atoms with Crippen LogP contribution in [0.1, 0.15) is 42.4 Å². The second kappa shape index (κ2) is 6.83. The average Bonchev–Trinajstić information content (AvgIpc) is 3.28. The van der Waals surface area contributed by atoms with Gasteiger partial charge >= 0.3 is 0 Å². The zero-order valence-electron chi connectivity index (χ0n) is 15.7. The molecule has 0 amide bonds. The lowest BCUT2D eigenvalue weighted by Crippen LogP contribution is -2.38. The van der Waals surface area contributed by atoms with E-state index in [9.17, 15) is 0 Å². The molecular weight excluding hydrogens is 316 g/mol. The SMILES string of the molecule is c1ccc(CN2CCC(CNC3CC34CCc3ccccc34)CC2)cc1. The summed E-state index contributed by atoms with van der Waals surface area (Å²) in [6.45, 7) is 4.83. The van der Waals surface area contributed by atoms with Crippen LogP contribution in [0, 0.1) is 5.92 Å². The Balaban J connectivity index is 1.09. The molecule has 2 aromatic rings. The lowest BCUT2D eigenvalue weighted by atomic mass is 9.95. The van der Waals surface area contributed by atoms with Crippen LogP contribution in [0.25, 0.3) is 0 Å². The van der Waals surface area contributed by atoms with Gasteiger partial charge in [-0.15, -0.1) is 0 Å². The molecule has 2 nitrogen and oxygen atoms in total. The van der Waals surface area contributed by atoms with Crippen molar-refractivity contribution >= 4 is 0 Å². The molecule has 2 aromatic carbocycles. The zero-order chi connectivity index (χ0) is 17.4. The summed E-state index contributed by atoms with van der Waals surface area (Å²) < 4.78 is 0. The maximum atomic E-state index is 3.95. The molecule has 2 aliphatic carbocycles. The number of likely N-dealkylation sites (tertiary alicyclic amines) is 1. The Labute approximate surface area is 157 Å². The maximum Gasteiger partial charge on any atom is 0.0233 e. The van der Waals surface area contributed by atoms with Crippen molar-refractivity contribution in [2.24, 2.45) is 5.92 Å². The number of hydrogen-bond donors (Lipinski definition) is 1. The first-order valence-corrected chi connectivity index (χ1v) is 10.4. The minimum atomic E-state index is 0.491. The molecule has 0 bridgehead atoms. The third-order valence-electron chi connectivity index (χ3n) is 7.08. The normalized spacial score (nSPS) is 28.4. The Kier molecular flexibility index (Phi) is 4.34. The van der Waals surface area contributed by atoms with E-state index in [-0.39, 0.29) is 0 Å². The van der Waals surface area contributed by atoms with Crippen LogP contribution in [-0.4, -0.2) is 30.6 Å². The molecule has 1 heterocycles. The summed E-state index contributed by atoms with van der Waals surface area (Å²) >= 11 is 0. The Morgan fingerprint density at radius 3 is 2.58 bits per heavy atom. The van der Waals surface area contributed by atoms with Crippen molar-refractivity contribution in [3.63, 3.8) is 0 Å². The standard InChI is InChI=1S/C24H30N2/c1-2-6-20(7-3-1)18-26-14-11-19(12-15-26)17-25-23-16-24(23)13-10-21-8-4-5-9-22(21)24/h1-9,19,23,25H,10-18H2. The second-order valence-electron chi connectivity index (χ2n) is 8.68. The lowest BCUT2D eigenvalue weighted by molar-refractivity contribution is 0.175. The van der Waals surface area contributed by atoms with Crippen molar-refractivity contribution in [2.45, 2.75) is 50.1 Å². The minimum Gasteiger partial charge on any atom is -0.313 e. The van der Waals surface area contributed by atoms with Gasteiger partial charge in [0.2, 0.25) is 0 Å². The lowest BCUT2D eigenvalue weighted by Gasteiger charge is -2.32. The first kappa shape index (κ1) is 16.5. The molecular formula is C24H30N2. The van der Waals surface area contributed by atoms with Crippen molar-refractivity contribution < 1.29 is 0 Å². The van der Waals surface area contributed by atoms with Crippen molar-refractivity contribution in [3.8, 4) is 0 Å². The van der Waals surface area contributed by atoms with Gasteiger partial charge in [0.15, 0.2) is 0 Å². The molecule has 136 valence electrons. The molecule has 3 aliphatic rings. The smallest absolute Gasteiger partial charge is 0.0233 e. The summed E-state index contributed by atoms with van der Waals surface area (Å²) in [5.41, 5.74) is 5.19. The number of nitrogens with zero attached hydrogens (tertiary/aromatic N) is 1. The van der Waals surface area contributed by atoms with E-state index in [2.05, 4.69) is 64.8 Å². The molecule has 0 aromatic heterocycles. The molecule has 5 rings (SSSR count).